The Kier molecular flexibility index (Phi) is 4.83. The summed E-state index contributed by atoms with van der Waals surface area (Å²) in [5, 5.41) is 10.7. The van der Waals surface area contributed by atoms with Gasteiger partial charge in [0.25, 0.3) is 0 Å². The first-order valence-corrected chi connectivity index (χ1v) is 6.40. The van der Waals surface area contributed by atoms with E-state index in [1.54, 1.807) is 19.2 Å². The Hall–Kier alpha value is -0.810. The lowest BCUT2D eigenvalue weighted by atomic mass is 10.1. The molecule has 1 unspecified atom stereocenters. The maximum Gasteiger partial charge on any atom is 0.137 e. The largest absolute Gasteiger partial charge is 0.495 e. The number of aliphatic hydroxyl groups excluding tert-OH is 1. The first-order valence-electron chi connectivity index (χ1n) is 6.02. The van der Waals surface area contributed by atoms with Crippen LogP contribution in [0.1, 0.15) is 11.7 Å². The first-order chi connectivity index (χ1) is 8.70. The van der Waals surface area contributed by atoms with Crippen LogP contribution >= 0.6 is 11.6 Å². The maximum absolute atomic E-state index is 10.2. The van der Waals surface area contributed by atoms with Gasteiger partial charge in [0.05, 0.1) is 31.5 Å². The van der Waals surface area contributed by atoms with Gasteiger partial charge in [0.15, 0.2) is 0 Å². The topological polar surface area (TPSA) is 41.9 Å². The number of β-amino-alcohol motifs (C(OH)–C–C–N with tert-alkyl or cyclic N) is 1. The van der Waals surface area contributed by atoms with Crippen LogP contribution in [0.25, 0.3) is 0 Å². The van der Waals surface area contributed by atoms with Crippen LogP contribution in [-0.4, -0.2) is 50.0 Å². The van der Waals surface area contributed by atoms with Crippen LogP contribution < -0.4 is 4.74 Å². The van der Waals surface area contributed by atoms with Gasteiger partial charge in [0, 0.05) is 19.6 Å². The maximum atomic E-state index is 10.2. The molecule has 18 heavy (non-hydrogen) atoms. The molecule has 0 amide bonds. The van der Waals surface area contributed by atoms with Crippen LogP contribution in [0.4, 0.5) is 0 Å². The van der Waals surface area contributed by atoms with E-state index in [1.807, 2.05) is 6.07 Å². The van der Waals surface area contributed by atoms with Gasteiger partial charge in [-0.25, -0.2) is 0 Å². The van der Waals surface area contributed by atoms with Gasteiger partial charge >= 0.3 is 0 Å². The minimum absolute atomic E-state index is 0.524. The standard InChI is InChI=1S/C13H18ClNO3/c1-17-13-3-2-10(8-11(13)14)12(16)9-15-4-6-18-7-5-15/h2-3,8,12,16H,4-7,9H2,1H3. The lowest BCUT2D eigenvalue weighted by Gasteiger charge is -2.28. The van der Waals surface area contributed by atoms with Crippen LogP contribution in [-0.2, 0) is 4.74 Å². The Morgan fingerprint density at radius 1 is 1.44 bits per heavy atom. The fourth-order valence-electron chi connectivity index (χ4n) is 2.02. The molecule has 5 heteroatoms. The van der Waals surface area contributed by atoms with E-state index in [4.69, 9.17) is 21.1 Å². The quantitative estimate of drug-likeness (QED) is 0.905. The molecule has 1 aliphatic rings. The van der Waals surface area contributed by atoms with E-state index >= 15 is 0 Å². The SMILES string of the molecule is COc1ccc(C(O)CN2CCOCC2)cc1Cl. The average molecular weight is 272 g/mol. The predicted octanol–water partition coefficient (Wildman–Crippen LogP) is 1.71. The number of benzene rings is 1. The molecule has 1 heterocycles. The molecular weight excluding hydrogens is 254 g/mol. The Morgan fingerprint density at radius 2 is 2.17 bits per heavy atom. The van der Waals surface area contributed by atoms with Gasteiger partial charge in [-0.2, -0.15) is 0 Å². The molecule has 0 bridgehead atoms. The van der Waals surface area contributed by atoms with Crippen molar-refractivity contribution in [1.82, 2.24) is 4.90 Å². The zero-order chi connectivity index (χ0) is 13.0. The van der Waals surface area contributed by atoms with E-state index in [1.165, 1.54) is 0 Å². The number of methoxy groups -OCH3 is 1. The van der Waals surface area contributed by atoms with Crippen molar-refractivity contribution in [2.75, 3.05) is 40.0 Å². The Labute approximate surface area is 112 Å². The fourth-order valence-corrected chi connectivity index (χ4v) is 2.29. The molecule has 1 saturated heterocycles. The number of hydrogen-bond donors (Lipinski definition) is 1. The van der Waals surface area contributed by atoms with Crippen molar-refractivity contribution in [1.29, 1.82) is 0 Å². The van der Waals surface area contributed by atoms with Crippen LogP contribution in [0.3, 0.4) is 0 Å². The summed E-state index contributed by atoms with van der Waals surface area (Å²) in [6.45, 7) is 3.79. The molecule has 1 aromatic rings. The highest BCUT2D eigenvalue weighted by atomic mass is 35.5. The molecule has 0 aromatic heterocycles. The fraction of sp³-hybridized carbons (Fsp3) is 0.538. The van der Waals surface area contributed by atoms with Gasteiger partial charge in [-0.05, 0) is 17.7 Å². The minimum atomic E-state index is -0.536. The summed E-state index contributed by atoms with van der Waals surface area (Å²) in [6.07, 6.45) is -0.536. The van der Waals surface area contributed by atoms with Gasteiger partial charge in [0.2, 0.25) is 0 Å². The van der Waals surface area contributed by atoms with Gasteiger partial charge in [-0.15, -0.1) is 0 Å². The van der Waals surface area contributed by atoms with Crippen LogP contribution in [0.2, 0.25) is 5.02 Å². The molecule has 0 radical (unpaired) electrons. The molecule has 1 atom stereocenters. The number of rotatable bonds is 4. The number of halogens is 1. The lowest BCUT2D eigenvalue weighted by Crippen LogP contribution is -2.38. The second-order valence-corrected chi connectivity index (χ2v) is 4.73. The lowest BCUT2D eigenvalue weighted by molar-refractivity contribution is 0.0143. The van der Waals surface area contributed by atoms with Crippen molar-refractivity contribution in [2.24, 2.45) is 0 Å². The highest BCUT2D eigenvalue weighted by Crippen LogP contribution is 2.27. The summed E-state index contributed by atoms with van der Waals surface area (Å²) in [5.41, 5.74) is 0.812. The molecule has 1 aliphatic heterocycles. The second-order valence-electron chi connectivity index (χ2n) is 4.32. The van der Waals surface area contributed by atoms with Gasteiger partial charge in [-0.1, -0.05) is 17.7 Å². The van der Waals surface area contributed by atoms with Crippen LogP contribution in [0.5, 0.6) is 5.75 Å². The number of aliphatic hydroxyl groups is 1. The third-order valence-electron chi connectivity index (χ3n) is 3.10. The first kappa shape index (κ1) is 13.6. The molecule has 4 nitrogen and oxygen atoms in total. The highest BCUT2D eigenvalue weighted by Gasteiger charge is 2.17. The third-order valence-corrected chi connectivity index (χ3v) is 3.39. The van der Waals surface area contributed by atoms with Crippen molar-refractivity contribution in [3.63, 3.8) is 0 Å². The molecule has 1 aromatic carbocycles. The molecule has 0 saturated carbocycles. The molecule has 0 spiro atoms. The summed E-state index contributed by atoms with van der Waals surface area (Å²) in [5.74, 6) is 0.624. The van der Waals surface area contributed by atoms with Gasteiger partial charge < -0.3 is 14.6 Å². The normalized spacial score (nSPS) is 18.6. The summed E-state index contributed by atoms with van der Waals surface area (Å²) in [6, 6.07) is 5.38. The Balaban J connectivity index is 1.99. The minimum Gasteiger partial charge on any atom is -0.495 e. The van der Waals surface area contributed by atoms with E-state index < -0.39 is 6.10 Å². The second kappa shape index (κ2) is 6.38. The van der Waals surface area contributed by atoms with E-state index in [0.717, 1.165) is 31.9 Å². The molecule has 0 aliphatic carbocycles. The zero-order valence-electron chi connectivity index (χ0n) is 10.4. The highest BCUT2D eigenvalue weighted by molar-refractivity contribution is 6.32. The Morgan fingerprint density at radius 3 is 2.78 bits per heavy atom. The van der Waals surface area contributed by atoms with Crippen LogP contribution in [0.15, 0.2) is 18.2 Å². The number of morpholine rings is 1. The number of ether oxygens (including phenoxy) is 2. The monoisotopic (exact) mass is 271 g/mol. The number of nitrogens with zero attached hydrogens (tertiary/aromatic N) is 1. The van der Waals surface area contributed by atoms with Crippen molar-refractivity contribution >= 4 is 11.6 Å². The number of hydrogen-bond acceptors (Lipinski definition) is 4. The van der Waals surface area contributed by atoms with E-state index in [-0.39, 0.29) is 0 Å². The summed E-state index contributed by atoms with van der Waals surface area (Å²) < 4.78 is 10.4. The smallest absolute Gasteiger partial charge is 0.137 e. The van der Waals surface area contributed by atoms with Gasteiger partial charge in [0.1, 0.15) is 5.75 Å². The van der Waals surface area contributed by atoms with E-state index in [9.17, 15) is 5.11 Å². The summed E-state index contributed by atoms with van der Waals surface area (Å²) >= 11 is 6.05. The summed E-state index contributed by atoms with van der Waals surface area (Å²) in [4.78, 5) is 2.19. The molecular formula is C13H18ClNO3. The Bertz CT molecular complexity index is 394. The van der Waals surface area contributed by atoms with Crippen molar-refractivity contribution in [3.05, 3.63) is 28.8 Å². The molecule has 100 valence electrons. The molecule has 1 N–H and O–H groups in total. The van der Waals surface area contributed by atoms with Crippen molar-refractivity contribution < 1.29 is 14.6 Å². The zero-order valence-corrected chi connectivity index (χ0v) is 11.2. The molecule has 2 rings (SSSR count). The van der Waals surface area contributed by atoms with Crippen molar-refractivity contribution in [2.45, 2.75) is 6.10 Å². The third kappa shape index (κ3) is 3.36. The predicted molar refractivity (Wildman–Crippen MR) is 70.2 cm³/mol. The van der Waals surface area contributed by atoms with E-state index in [0.29, 0.717) is 17.3 Å². The van der Waals surface area contributed by atoms with Crippen LogP contribution in [0, 0.1) is 0 Å². The van der Waals surface area contributed by atoms with Crippen molar-refractivity contribution in [3.8, 4) is 5.75 Å². The average Bonchev–Trinajstić information content (AvgIpc) is 2.39. The summed E-state index contributed by atoms with van der Waals surface area (Å²) in [7, 11) is 1.57. The molecule has 1 fully saturated rings. The van der Waals surface area contributed by atoms with Gasteiger partial charge in [-0.3, -0.25) is 4.90 Å². The van der Waals surface area contributed by atoms with E-state index in [2.05, 4.69) is 4.90 Å².